The molecule has 1 rings (SSSR count). The van der Waals surface area contributed by atoms with Gasteiger partial charge in [0.2, 0.25) is 0 Å². The molecule has 2 nitrogen and oxygen atoms in total. The topological polar surface area (TPSA) is 21.3 Å². The molecule has 0 bridgehead atoms. The van der Waals surface area contributed by atoms with E-state index in [0.29, 0.717) is 6.04 Å². The first-order chi connectivity index (χ1) is 6.79. The summed E-state index contributed by atoms with van der Waals surface area (Å²) in [5, 5.41) is 3.31. The number of rotatable bonds is 5. The molecule has 78 valence electrons. The lowest BCUT2D eigenvalue weighted by molar-refractivity contribution is 0.184. The zero-order valence-electron chi connectivity index (χ0n) is 9.21. The lowest BCUT2D eigenvalue weighted by atomic mass is 9.99. The largest absolute Gasteiger partial charge is 0.385 e. The summed E-state index contributed by atoms with van der Waals surface area (Å²) in [5.41, 5.74) is 2.70. The molecule has 14 heavy (non-hydrogen) atoms. The van der Waals surface area contributed by atoms with Crippen LogP contribution in [0.1, 0.15) is 23.6 Å². The summed E-state index contributed by atoms with van der Waals surface area (Å²) in [6.07, 6.45) is 1.01. The average molecular weight is 193 g/mol. The Hall–Kier alpha value is -0.860. The summed E-state index contributed by atoms with van der Waals surface area (Å²) in [7, 11) is 3.73. The number of hydrogen-bond acceptors (Lipinski definition) is 2. The molecule has 0 amide bonds. The first-order valence-corrected chi connectivity index (χ1v) is 5.01. The molecule has 0 aliphatic heterocycles. The number of aryl methyl sites for hydroxylation is 1. The van der Waals surface area contributed by atoms with Gasteiger partial charge in [0.15, 0.2) is 0 Å². The summed E-state index contributed by atoms with van der Waals surface area (Å²) < 4.78 is 5.10. The minimum absolute atomic E-state index is 0.399. The highest BCUT2D eigenvalue weighted by atomic mass is 16.5. The molecule has 0 saturated heterocycles. The van der Waals surface area contributed by atoms with E-state index in [1.807, 2.05) is 7.05 Å². The van der Waals surface area contributed by atoms with E-state index < -0.39 is 0 Å². The van der Waals surface area contributed by atoms with E-state index >= 15 is 0 Å². The molecule has 0 aromatic heterocycles. The Labute approximate surface area is 86.3 Å². The van der Waals surface area contributed by atoms with Crippen molar-refractivity contribution in [2.45, 2.75) is 19.4 Å². The van der Waals surface area contributed by atoms with Crippen LogP contribution in [0.3, 0.4) is 0 Å². The van der Waals surface area contributed by atoms with Gasteiger partial charge in [-0.15, -0.1) is 0 Å². The van der Waals surface area contributed by atoms with Gasteiger partial charge in [0.05, 0.1) is 0 Å². The van der Waals surface area contributed by atoms with Gasteiger partial charge in [0.1, 0.15) is 0 Å². The third-order valence-corrected chi connectivity index (χ3v) is 2.52. The van der Waals surface area contributed by atoms with Gasteiger partial charge in [0.25, 0.3) is 0 Å². The zero-order valence-corrected chi connectivity index (χ0v) is 9.21. The maximum Gasteiger partial charge on any atom is 0.0480 e. The van der Waals surface area contributed by atoms with Gasteiger partial charge in [0, 0.05) is 19.8 Å². The molecular weight excluding hydrogens is 174 g/mol. The minimum Gasteiger partial charge on any atom is -0.385 e. The van der Waals surface area contributed by atoms with Crippen LogP contribution < -0.4 is 5.32 Å². The highest BCUT2D eigenvalue weighted by Gasteiger charge is 2.10. The van der Waals surface area contributed by atoms with Crippen LogP contribution in [0.5, 0.6) is 0 Å². The zero-order chi connectivity index (χ0) is 10.4. The van der Waals surface area contributed by atoms with E-state index in [2.05, 4.69) is 36.5 Å². The van der Waals surface area contributed by atoms with Crippen LogP contribution >= 0.6 is 0 Å². The van der Waals surface area contributed by atoms with Crippen LogP contribution in [-0.4, -0.2) is 20.8 Å². The number of benzene rings is 1. The van der Waals surface area contributed by atoms with Crippen LogP contribution in [0.4, 0.5) is 0 Å². The normalized spacial score (nSPS) is 12.8. The summed E-state index contributed by atoms with van der Waals surface area (Å²) in [6, 6.07) is 8.87. The van der Waals surface area contributed by atoms with E-state index in [1.165, 1.54) is 11.1 Å². The summed E-state index contributed by atoms with van der Waals surface area (Å²) >= 11 is 0. The smallest absolute Gasteiger partial charge is 0.0480 e. The van der Waals surface area contributed by atoms with Gasteiger partial charge in [-0.1, -0.05) is 24.3 Å². The summed E-state index contributed by atoms with van der Waals surface area (Å²) in [6.45, 7) is 2.94. The van der Waals surface area contributed by atoms with E-state index in [1.54, 1.807) is 7.11 Å². The molecule has 0 heterocycles. The van der Waals surface area contributed by atoms with Crippen molar-refractivity contribution in [3.8, 4) is 0 Å². The summed E-state index contributed by atoms with van der Waals surface area (Å²) in [5.74, 6) is 0. The lowest BCUT2D eigenvalue weighted by Gasteiger charge is -2.18. The molecule has 0 aliphatic rings. The van der Waals surface area contributed by atoms with E-state index in [-0.39, 0.29) is 0 Å². The third kappa shape index (κ3) is 2.82. The average Bonchev–Trinajstić information content (AvgIpc) is 2.21. The monoisotopic (exact) mass is 193 g/mol. The van der Waals surface area contributed by atoms with Crippen molar-refractivity contribution >= 4 is 0 Å². The molecule has 0 spiro atoms. The predicted molar refractivity (Wildman–Crippen MR) is 59.5 cm³/mol. The fraction of sp³-hybridized carbons (Fsp3) is 0.500. The SMILES string of the molecule is CNC(CCOC)c1ccccc1C. The maximum absolute atomic E-state index is 5.10. The summed E-state index contributed by atoms with van der Waals surface area (Å²) in [4.78, 5) is 0. The predicted octanol–water partition coefficient (Wildman–Crippen LogP) is 2.29. The van der Waals surface area contributed by atoms with Gasteiger partial charge in [-0.05, 0) is 31.5 Å². The fourth-order valence-corrected chi connectivity index (χ4v) is 1.67. The van der Waals surface area contributed by atoms with E-state index in [4.69, 9.17) is 4.74 Å². The maximum atomic E-state index is 5.10. The Kier molecular flexibility index (Phi) is 4.63. The van der Waals surface area contributed by atoms with Crippen molar-refractivity contribution < 1.29 is 4.74 Å². The molecule has 0 fully saturated rings. The second-order valence-electron chi connectivity index (χ2n) is 3.48. The standard InChI is InChI=1S/C12H19NO/c1-10-6-4-5-7-11(10)12(13-2)8-9-14-3/h4-7,12-13H,8-9H2,1-3H3. The second kappa shape index (κ2) is 5.78. The molecule has 1 unspecified atom stereocenters. The van der Waals surface area contributed by atoms with E-state index in [0.717, 1.165) is 13.0 Å². The quantitative estimate of drug-likeness (QED) is 0.774. The highest BCUT2D eigenvalue weighted by molar-refractivity contribution is 5.28. The molecule has 0 saturated carbocycles. The van der Waals surface area contributed by atoms with Gasteiger partial charge < -0.3 is 10.1 Å². The van der Waals surface area contributed by atoms with Crippen LogP contribution in [0, 0.1) is 6.92 Å². The number of methoxy groups -OCH3 is 1. The second-order valence-corrected chi connectivity index (χ2v) is 3.48. The van der Waals surface area contributed by atoms with Crippen molar-refractivity contribution in [2.75, 3.05) is 20.8 Å². The van der Waals surface area contributed by atoms with Crippen LogP contribution in [-0.2, 0) is 4.74 Å². The molecular formula is C12H19NO. The van der Waals surface area contributed by atoms with Crippen LogP contribution in [0.25, 0.3) is 0 Å². The van der Waals surface area contributed by atoms with Crippen molar-refractivity contribution in [3.05, 3.63) is 35.4 Å². The first kappa shape index (κ1) is 11.2. The molecule has 1 aromatic carbocycles. The molecule has 1 atom stereocenters. The van der Waals surface area contributed by atoms with Crippen molar-refractivity contribution in [3.63, 3.8) is 0 Å². The fourth-order valence-electron chi connectivity index (χ4n) is 1.67. The lowest BCUT2D eigenvalue weighted by Crippen LogP contribution is -2.18. The first-order valence-electron chi connectivity index (χ1n) is 5.01. The molecule has 1 N–H and O–H groups in total. The van der Waals surface area contributed by atoms with E-state index in [9.17, 15) is 0 Å². The Bertz CT molecular complexity index is 273. The number of nitrogens with one attached hydrogen (secondary N) is 1. The van der Waals surface area contributed by atoms with Gasteiger partial charge in [-0.2, -0.15) is 0 Å². The molecule has 1 aromatic rings. The highest BCUT2D eigenvalue weighted by Crippen LogP contribution is 2.19. The van der Waals surface area contributed by atoms with Gasteiger partial charge in [-0.3, -0.25) is 0 Å². The van der Waals surface area contributed by atoms with Crippen LogP contribution in [0.15, 0.2) is 24.3 Å². The van der Waals surface area contributed by atoms with Crippen molar-refractivity contribution in [2.24, 2.45) is 0 Å². The number of hydrogen-bond donors (Lipinski definition) is 1. The van der Waals surface area contributed by atoms with Gasteiger partial charge >= 0.3 is 0 Å². The molecule has 0 aliphatic carbocycles. The Morgan fingerprint density at radius 1 is 1.36 bits per heavy atom. The van der Waals surface area contributed by atoms with Crippen molar-refractivity contribution in [1.82, 2.24) is 5.32 Å². The van der Waals surface area contributed by atoms with Crippen molar-refractivity contribution in [1.29, 1.82) is 0 Å². The Morgan fingerprint density at radius 2 is 2.07 bits per heavy atom. The van der Waals surface area contributed by atoms with Crippen LogP contribution in [0.2, 0.25) is 0 Å². The molecule has 0 radical (unpaired) electrons. The Morgan fingerprint density at radius 3 is 2.64 bits per heavy atom. The third-order valence-electron chi connectivity index (χ3n) is 2.52. The Balaban J connectivity index is 2.73. The minimum atomic E-state index is 0.399. The number of ether oxygens (including phenoxy) is 1. The van der Waals surface area contributed by atoms with Gasteiger partial charge in [-0.25, -0.2) is 0 Å². The molecule has 2 heteroatoms.